The second kappa shape index (κ2) is 10.2. The van der Waals surface area contributed by atoms with Crippen molar-refractivity contribution in [3.05, 3.63) is 29.8 Å². The first-order valence-corrected chi connectivity index (χ1v) is 7.58. The number of rotatable bonds is 10. The van der Waals surface area contributed by atoms with Crippen molar-refractivity contribution in [1.82, 2.24) is 0 Å². The van der Waals surface area contributed by atoms with E-state index in [1.165, 1.54) is 5.56 Å². The Morgan fingerprint density at radius 2 is 2.05 bits per heavy atom. The molecule has 0 unspecified atom stereocenters. The van der Waals surface area contributed by atoms with E-state index in [0.717, 1.165) is 50.5 Å². The third kappa shape index (κ3) is 7.07. The van der Waals surface area contributed by atoms with E-state index in [0.29, 0.717) is 12.8 Å². The third-order valence-corrected chi connectivity index (χ3v) is 3.26. The smallest absolute Gasteiger partial charge is 0.224 e. The zero-order valence-corrected chi connectivity index (χ0v) is 12.4. The molecule has 110 valence electrons. The summed E-state index contributed by atoms with van der Waals surface area (Å²) >= 11 is 0. The number of carbonyl (C=O) groups excluding carboxylic acids is 2. The van der Waals surface area contributed by atoms with Crippen molar-refractivity contribution >= 4 is 17.9 Å². The van der Waals surface area contributed by atoms with Crippen LogP contribution in [0.15, 0.2) is 24.3 Å². The van der Waals surface area contributed by atoms with Gasteiger partial charge in [0.2, 0.25) is 5.91 Å². The Morgan fingerprint density at radius 3 is 2.80 bits per heavy atom. The minimum Gasteiger partial charge on any atom is -0.326 e. The first-order chi connectivity index (χ1) is 9.76. The van der Waals surface area contributed by atoms with Crippen molar-refractivity contribution < 1.29 is 9.59 Å². The third-order valence-electron chi connectivity index (χ3n) is 3.26. The number of aryl methyl sites for hydroxylation is 1. The van der Waals surface area contributed by atoms with E-state index in [1.54, 1.807) is 0 Å². The number of aldehydes is 1. The summed E-state index contributed by atoms with van der Waals surface area (Å²) in [6.45, 7) is 2.08. The molecule has 0 aliphatic heterocycles. The largest absolute Gasteiger partial charge is 0.326 e. The zero-order valence-electron chi connectivity index (χ0n) is 12.4. The van der Waals surface area contributed by atoms with E-state index >= 15 is 0 Å². The van der Waals surface area contributed by atoms with E-state index in [2.05, 4.69) is 18.3 Å². The van der Waals surface area contributed by atoms with Crippen LogP contribution in [0.2, 0.25) is 0 Å². The van der Waals surface area contributed by atoms with Crippen LogP contribution in [0.25, 0.3) is 0 Å². The second-order valence-corrected chi connectivity index (χ2v) is 5.12. The zero-order chi connectivity index (χ0) is 14.6. The highest BCUT2D eigenvalue weighted by molar-refractivity contribution is 5.90. The van der Waals surface area contributed by atoms with Gasteiger partial charge in [0.05, 0.1) is 0 Å². The summed E-state index contributed by atoms with van der Waals surface area (Å²) in [6, 6.07) is 8.04. The topological polar surface area (TPSA) is 46.2 Å². The highest BCUT2D eigenvalue weighted by Gasteiger charge is 2.02. The van der Waals surface area contributed by atoms with E-state index in [1.807, 2.05) is 18.2 Å². The minimum atomic E-state index is 0.0926. The van der Waals surface area contributed by atoms with Gasteiger partial charge in [0.25, 0.3) is 0 Å². The van der Waals surface area contributed by atoms with Gasteiger partial charge in [-0.3, -0.25) is 4.79 Å². The van der Waals surface area contributed by atoms with Gasteiger partial charge in [-0.1, -0.05) is 31.9 Å². The van der Waals surface area contributed by atoms with Crippen LogP contribution in [0, 0.1) is 0 Å². The summed E-state index contributed by atoms with van der Waals surface area (Å²) < 4.78 is 0. The number of nitrogens with one attached hydrogen (secondary N) is 1. The fraction of sp³-hybridized carbons (Fsp3) is 0.529. The highest BCUT2D eigenvalue weighted by Crippen LogP contribution is 2.14. The lowest BCUT2D eigenvalue weighted by molar-refractivity contribution is -0.116. The van der Waals surface area contributed by atoms with Crippen LogP contribution in [-0.2, 0) is 16.0 Å². The maximum atomic E-state index is 11.7. The van der Waals surface area contributed by atoms with E-state index < -0.39 is 0 Å². The monoisotopic (exact) mass is 275 g/mol. The summed E-state index contributed by atoms with van der Waals surface area (Å²) in [4.78, 5) is 21.9. The average Bonchev–Trinajstić information content (AvgIpc) is 2.45. The van der Waals surface area contributed by atoms with Gasteiger partial charge >= 0.3 is 0 Å². The highest BCUT2D eigenvalue weighted by atomic mass is 16.1. The van der Waals surface area contributed by atoms with Gasteiger partial charge in [0, 0.05) is 18.5 Å². The molecule has 1 aromatic carbocycles. The molecule has 3 nitrogen and oxygen atoms in total. The molecular formula is C17H25NO2. The molecule has 0 aromatic heterocycles. The molecule has 0 aliphatic carbocycles. The van der Waals surface area contributed by atoms with Gasteiger partial charge in [-0.25, -0.2) is 0 Å². The summed E-state index contributed by atoms with van der Waals surface area (Å²) in [7, 11) is 0. The molecule has 0 saturated carbocycles. The number of anilines is 1. The van der Waals surface area contributed by atoms with Crippen molar-refractivity contribution in [1.29, 1.82) is 0 Å². The lowest BCUT2D eigenvalue weighted by Gasteiger charge is -2.07. The van der Waals surface area contributed by atoms with Gasteiger partial charge in [-0.15, -0.1) is 0 Å². The van der Waals surface area contributed by atoms with E-state index in [-0.39, 0.29) is 5.91 Å². The number of amides is 1. The molecule has 0 fully saturated rings. The van der Waals surface area contributed by atoms with Crippen LogP contribution in [-0.4, -0.2) is 12.2 Å². The van der Waals surface area contributed by atoms with Crippen LogP contribution in [0.4, 0.5) is 5.69 Å². The Hall–Kier alpha value is -1.64. The Kier molecular flexibility index (Phi) is 8.36. The molecule has 20 heavy (non-hydrogen) atoms. The normalized spacial score (nSPS) is 10.2. The molecular weight excluding hydrogens is 250 g/mol. The standard InChI is InChI=1S/C17H25NO2/c1-2-3-12-17(20)18-16-11-8-10-15(14-16)9-6-4-5-7-13-19/h8,10-11,13-14H,2-7,9,12H2,1H3,(H,18,20). The number of unbranched alkanes of at least 4 members (excludes halogenated alkanes) is 4. The summed E-state index contributed by atoms with van der Waals surface area (Å²) in [5.74, 6) is 0.0926. The second-order valence-electron chi connectivity index (χ2n) is 5.12. The molecule has 0 atom stereocenters. The first-order valence-electron chi connectivity index (χ1n) is 7.58. The Bertz CT molecular complexity index is 415. The first kappa shape index (κ1) is 16.4. The van der Waals surface area contributed by atoms with Crippen molar-refractivity contribution in [2.24, 2.45) is 0 Å². The van der Waals surface area contributed by atoms with Crippen molar-refractivity contribution in [2.75, 3.05) is 5.32 Å². The van der Waals surface area contributed by atoms with Gasteiger partial charge in [-0.2, -0.15) is 0 Å². The number of benzene rings is 1. The molecule has 0 saturated heterocycles. The quantitative estimate of drug-likeness (QED) is 0.516. The Labute approximate surface area is 121 Å². The van der Waals surface area contributed by atoms with Crippen molar-refractivity contribution in [3.63, 3.8) is 0 Å². The molecule has 1 aromatic rings. The minimum absolute atomic E-state index is 0.0926. The molecule has 1 amide bonds. The van der Waals surface area contributed by atoms with E-state index in [4.69, 9.17) is 0 Å². The van der Waals surface area contributed by atoms with Crippen molar-refractivity contribution in [3.8, 4) is 0 Å². The lowest BCUT2D eigenvalue weighted by Crippen LogP contribution is -2.11. The number of hydrogen-bond donors (Lipinski definition) is 1. The van der Waals surface area contributed by atoms with Gasteiger partial charge in [0.1, 0.15) is 6.29 Å². The Morgan fingerprint density at radius 1 is 1.20 bits per heavy atom. The summed E-state index contributed by atoms with van der Waals surface area (Å²) in [5.41, 5.74) is 2.13. The van der Waals surface area contributed by atoms with Crippen LogP contribution < -0.4 is 5.32 Å². The maximum Gasteiger partial charge on any atom is 0.224 e. The van der Waals surface area contributed by atoms with Crippen LogP contribution in [0.3, 0.4) is 0 Å². The Balaban J connectivity index is 2.37. The molecule has 1 rings (SSSR count). The predicted octanol–water partition coefficient (Wildman–Crippen LogP) is 4.12. The summed E-state index contributed by atoms with van der Waals surface area (Å²) in [6.07, 6.45) is 8.32. The molecule has 0 bridgehead atoms. The predicted molar refractivity (Wildman–Crippen MR) is 82.8 cm³/mol. The van der Waals surface area contributed by atoms with E-state index in [9.17, 15) is 9.59 Å². The molecule has 0 radical (unpaired) electrons. The SMILES string of the molecule is CCCCC(=O)Nc1cccc(CCCCCC=O)c1. The fourth-order valence-corrected chi connectivity index (χ4v) is 2.10. The van der Waals surface area contributed by atoms with Crippen LogP contribution in [0.1, 0.15) is 57.4 Å². The molecule has 1 N–H and O–H groups in total. The van der Waals surface area contributed by atoms with Crippen LogP contribution >= 0.6 is 0 Å². The molecule has 3 heteroatoms. The maximum absolute atomic E-state index is 11.7. The molecule has 0 spiro atoms. The van der Waals surface area contributed by atoms with Crippen LogP contribution in [0.5, 0.6) is 0 Å². The number of carbonyl (C=O) groups is 2. The van der Waals surface area contributed by atoms with Gasteiger partial charge in [0.15, 0.2) is 0 Å². The average molecular weight is 275 g/mol. The summed E-state index contributed by atoms with van der Waals surface area (Å²) in [5, 5.41) is 2.94. The lowest BCUT2D eigenvalue weighted by atomic mass is 10.1. The fourth-order valence-electron chi connectivity index (χ4n) is 2.10. The van der Waals surface area contributed by atoms with Gasteiger partial charge < -0.3 is 10.1 Å². The van der Waals surface area contributed by atoms with Gasteiger partial charge in [-0.05, 0) is 43.4 Å². The number of hydrogen-bond acceptors (Lipinski definition) is 2. The molecule has 0 heterocycles. The van der Waals surface area contributed by atoms with Crippen molar-refractivity contribution in [2.45, 2.75) is 58.3 Å². The molecule has 0 aliphatic rings.